The highest BCUT2D eigenvalue weighted by Gasteiger charge is 2.06. The first kappa shape index (κ1) is 6.40. The third-order valence-corrected chi connectivity index (χ3v) is 1.49. The molecule has 1 heteroatoms. The fraction of sp³-hybridized carbons (Fsp3) is 0.500. The third-order valence-electron chi connectivity index (χ3n) is 1.49. The van der Waals surface area contributed by atoms with E-state index in [1.54, 1.807) is 0 Å². The summed E-state index contributed by atoms with van der Waals surface area (Å²) in [6.45, 7) is 4.15. The second kappa shape index (κ2) is 2.26. The van der Waals surface area contributed by atoms with E-state index < -0.39 is 0 Å². The van der Waals surface area contributed by atoms with Gasteiger partial charge in [0.2, 0.25) is 0 Å². The van der Waals surface area contributed by atoms with E-state index in [-0.39, 0.29) is 0 Å². The molecule has 1 atom stereocenters. The predicted molar refractivity (Wildman–Crippen MR) is 38.2 cm³/mol. The van der Waals surface area contributed by atoms with Crippen LogP contribution in [0, 0.1) is 5.92 Å². The van der Waals surface area contributed by atoms with Crippen molar-refractivity contribution in [3.8, 4) is 0 Å². The summed E-state index contributed by atoms with van der Waals surface area (Å²) in [6.07, 6.45) is 4.79. The average molecular weight is 124 g/mol. The first-order valence-corrected chi connectivity index (χ1v) is 3.26. The van der Waals surface area contributed by atoms with Crippen LogP contribution in [0.25, 0.3) is 0 Å². The molecule has 0 bridgehead atoms. The van der Waals surface area contributed by atoms with Gasteiger partial charge in [0, 0.05) is 0 Å². The number of rotatable bonds is 0. The summed E-state index contributed by atoms with van der Waals surface area (Å²) in [7, 11) is 0. The molecule has 50 valence electrons. The van der Waals surface area contributed by atoms with E-state index in [0.29, 0.717) is 11.7 Å². The molecule has 0 aromatic heterocycles. The molecule has 0 heterocycles. The number of hydrogen-bond donors (Lipinski definition) is 1. The van der Waals surface area contributed by atoms with Gasteiger partial charge in [0.1, 0.15) is 5.76 Å². The van der Waals surface area contributed by atoms with Gasteiger partial charge in [-0.2, -0.15) is 0 Å². The van der Waals surface area contributed by atoms with E-state index in [1.807, 2.05) is 19.1 Å². The van der Waals surface area contributed by atoms with Crippen LogP contribution in [0.1, 0.15) is 20.3 Å². The van der Waals surface area contributed by atoms with Gasteiger partial charge in [0.15, 0.2) is 0 Å². The first-order chi connectivity index (χ1) is 4.18. The molecule has 0 aromatic rings. The van der Waals surface area contributed by atoms with E-state index in [9.17, 15) is 0 Å². The van der Waals surface area contributed by atoms with E-state index in [1.165, 1.54) is 5.57 Å². The normalized spacial score (nSPS) is 27.1. The third kappa shape index (κ3) is 1.60. The summed E-state index contributed by atoms with van der Waals surface area (Å²) in [5.74, 6) is 0.932. The van der Waals surface area contributed by atoms with Crippen LogP contribution in [-0.4, -0.2) is 5.11 Å². The molecule has 1 rings (SSSR count). The van der Waals surface area contributed by atoms with Crippen molar-refractivity contribution < 1.29 is 5.11 Å². The number of aliphatic hydroxyl groups is 1. The van der Waals surface area contributed by atoms with Crippen LogP contribution in [0.15, 0.2) is 23.5 Å². The van der Waals surface area contributed by atoms with Crippen LogP contribution in [0.5, 0.6) is 0 Å². The Balaban J connectivity index is 2.74. The minimum Gasteiger partial charge on any atom is -0.508 e. The summed E-state index contributed by atoms with van der Waals surface area (Å²) >= 11 is 0. The molecule has 1 aliphatic rings. The Morgan fingerprint density at radius 3 is 2.78 bits per heavy atom. The monoisotopic (exact) mass is 124 g/mol. The van der Waals surface area contributed by atoms with Gasteiger partial charge in [-0.1, -0.05) is 12.5 Å². The molecule has 1 N–H and O–H groups in total. The second-order valence-electron chi connectivity index (χ2n) is 2.76. The Morgan fingerprint density at radius 1 is 1.67 bits per heavy atom. The molecular weight excluding hydrogens is 112 g/mol. The molecule has 1 nitrogen and oxygen atoms in total. The fourth-order valence-corrected chi connectivity index (χ4v) is 1.22. The lowest BCUT2D eigenvalue weighted by molar-refractivity contribution is 0.417. The van der Waals surface area contributed by atoms with Gasteiger partial charge in [-0.3, -0.25) is 0 Å². The maximum atomic E-state index is 9.03. The van der Waals surface area contributed by atoms with Crippen molar-refractivity contribution in [2.45, 2.75) is 20.3 Å². The molecule has 1 aliphatic carbocycles. The largest absolute Gasteiger partial charge is 0.508 e. The average Bonchev–Trinajstić information content (AvgIpc) is 1.59. The Bertz CT molecular complexity index is 165. The number of allylic oxidation sites excluding steroid dienone is 3. The lowest BCUT2D eigenvalue weighted by Gasteiger charge is -2.11. The second-order valence-corrected chi connectivity index (χ2v) is 2.76. The van der Waals surface area contributed by atoms with E-state index in [0.717, 1.165) is 6.42 Å². The standard InChI is InChI=1S/C8H12O/c1-6-3-7(2)5-8(9)4-6/h4-6,9H,3H2,1-2H3/t6-/m1/s1. The highest BCUT2D eigenvalue weighted by molar-refractivity contribution is 5.22. The van der Waals surface area contributed by atoms with Gasteiger partial charge < -0.3 is 5.11 Å². The predicted octanol–water partition coefficient (Wildman–Crippen LogP) is 2.41. The molecule has 0 spiro atoms. The van der Waals surface area contributed by atoms with Crippen molar-refractivity contribution in [1.82, 2.24) is 0 Å². The van der Waals surface area contributed by atoms with Crippen LogP contribution in [0.2, 0.25) is 0 Å². The van der Waals surface area contributed by atoms with Crippen LogP contribution in [-0.2, 0) is 0 Å². The van der Waals surface area contributed by atoms with Crippen molar-refractivity contribution in [2.75, 3.05) is 0 Å². The minimum absolute atomic E-state index is 0.422. The van der Waals surface area contributed by atoms with E-state index in [2.05, 4.69) is 6.92 Å². The SMILES string of the molecule is CC1=CC(O)=C[C@H](C)C1. The summed E-state index contributed by atoms with van der Waals surface area (Å²) < 4.78 is 0. The molecular formula is C8H12O. The van der Waals surface area contributed by atoms with Gasteiger partial charge in [0.25, 0.3) is 0 Å². The summed E-state index contributed by atoms with van der Waals surface area (Å²) in [5.41, 5.74) is 1.27. The molecule has 0 amide bonds. The molecule has 0 aromatic carbocycles. The zero-order valence-electron chi connectivity index (χ0n) is 5.89. The smallest absolute Gasteiger partial charge is 0.111 e. The Labute approximate surface area is 55.7 Å². The summed E-state index contributed by atoms with van der Waals surface area (Å²) in [4.78, 5) is 0. The maximum Gasteiger partial charge on any atom is 0.111 e. The quantitative estimate of drug-likeness (QED) is 0.525. The Morgan fingerprint density at radius 2 is 2.33 bits per heavy atom. The maximum absolute atomic E-state index is 9.03. The molecule has 0 unspecified atom stereocenters. The number of aliphatic hydroxyl groups excluding tert-OH is 1. The van der Waals surface area contributed by atoms with Crippen molar-refractivity contribution in [3.63, 3.8) is 0 Å². The van der Waals surface area contributed by atoms with Crippen LogP contribution in [0.4, 0.5) is 0 Å². The molecule has 0 aliphatic heterocycles. The molecule has 0 fully saturated rings. The van der Waals surface area contributed by atoms with Gasteiger partial charge >= 0.3 is 0 Å². The minimum atomic E-state index is 0.422. The van der Waals surface area contributed by atoms with Gasteiger partial charge in [-0.05, 0) is 31.4 Å². The molecule has 0 saturated carbocycles. The summed E-state index contributed by atoms with van der Waals surface area (Å²) in [6, 6.07) is 0. The molecule has 9 heavy (non-hydrogen) atoms. The Kier molecular flexibility index (Phi) is 1.60. The lowest BCUT2D eigenvalue weighted by Crippen LogP contribution is -1.98. The van der Waals surface area contributed by atoms with Crippen molar-refractivity contribution in [1.29, 1.82) is 0 Å². The van der Waals surface area contributed by atoms with Crippen LogP contribution in [0.3, 0.4) is 0 Å². The molecule has 0 saturated heterocycles. The Hall–Kier alpha value is -0.720. The lowest BCUT2D eigenvalue weighted by atomic mass is 9.96. The van der Waals surface area contributed by atoms with Gasteiger partial charge in [-0.15, -0.1) is 0 Å². The van der Waals surface area contributed by atoms with Crippen LogP contribution < -0.4 is 0 Å². The van der Waals surface area contributed by atoms with E-state index >= 15 is 0 Å². The van der Waals surface area contributed by atoms with Crippen molar-refractivity contribution in [2.24, 2.45) is 5.92 Å². The zero-order chi connectivity index (χ0) is 6.85. The van der Waals surface area contributed by atoms with Gasteiger partial charge in [0.05, 0.1) is 0 Å². The number of hydrogen-bond acceptors (Lipinski definition) is 1. The van der Waals surface area contributed by atoms with Gasteiger partial charge in [-0.25, -0.2) is 0 Å². The summed E-state index contributed by atoms with van der Waals surface area (Å²) in [5, 5.41) is 9.03. The molecule has 0 radical (unpaired) electrons. The topological polar surface area (TPSA) is 20.2 Å². The highest BCUT2D eigenvalue weighted by atomic mass is 16.3. The van der Waals surface area contributed by atoms with Crippen molar-refractivity contribution >= 4 is 0 Å². The van der Waals surface area contributed by atoms with Crippen LogP contribution >= 0.6 is 0 Å². The first-order valence-electron chi connectivity index (χ1n) is 3.26. The van der Waals surface area contributed by atoms with E-state index in [4.69, 9.17) is 5.11 Å². The zero-order valence-corrected chi connectivity index (χ0v) is 5.89. The fourth-order valence-electron chi connectivity index (χ4n) is 1.22. The van der Waals surface area contributed by atoms with Crippen molar-refractivity contribution in [3.05, 3.63) is 23.5 Å². The highest BCUT2D eigenvalue weighted by Crippen LogP contribution is 2.19.